The monoisotopic (exact) mass is 268 g/mol. The molecule has 3 heteroatoms. The predicted molar refractivity (Wildman–Crippen MR) is 79.6 cm³/mol. The first-order valence-corrected chi connectivity index (χ1v) is 7.55. The predicted octanol–water partition coefficient (Wildman–Crippen LogP) is 3.33. The van der Waals surface area contributed by atoms with Crippen LogP contribution in [0.5, 0.6) is 0 Å². The molecule has 0 saturated carbocycles. The number of aromatic nitrogens is 1. The van der Waals surface area contributed by atoms with Gasteiger partial charge in [-0.3, -0.25) is 4.79 Å². The number of hydrogen-bond acceptors (Lipinski definition) is 1. The average Bonchev–Trinajstić information content (AvgIpc) is 2.80. The summed E-state index contributed by atoms with van der Waals surface area (Å²) in [5.74, 6) is 0.870. The van der Waals surface area contributed by atoms with Crippen LogP contribution >= 0.6 is 0 Å². The molecule has 3 heterocycles. The summed E-state index contributed by atoms with van der Waals surface area (Å²) in [6, 6.07) is 6.85. The lowest BCUT2D eigenvalue weighted by molar-refractivity contribution is -0.139. The summed E-state index contributed by atoms with van der Waals surface area (Å²) in [7, 11) is 0. The number of rotatable bonds is 0. The summed E-state index contributed by atoms with van der Waals surface area (Å²) >= 11 is 0. The fourth-order valence-corrected chi connectivity index (χ4v) is 3.96. The third-order valence-corrected chi connectivity index (χ3v) is 5.00. The van der Waals surface area contributed by atoms with Crippen molar-refractivity contribution < 1.29 is 4.79 Å². The first-order valence-electron chi connectivity index (χ1n) is 7.55. The molecule has 1 saturated heterocycles. The number of fused-ring (bicyclic) bond motifs is 5. The van der Waals surface area contributed by atoms with E-state index in [1.165, 1.54) is 27.7 Å². The number of carbonyl (C=O) groups excluding carboxylic acids is 1. The molecule has 3 nitrogen and oxygen atoms in total. The van der Waals surface area contributed by atoms with Crippen molar-refractivity contribution in [2.75, 3.05) is 6.54 Å². The Labute approximate surface area is 119 Å². The summed E-state index contributed by atoms with van der Waals surface area (Å²) in [6.45, 7) is 5.29. The van der Waals surface area contributed by atoms with E-state index in [0.29, 0.717) is 18.2 Å². The van der Waals surface area contributed by atoms with Crippen molar-refractivity contribution in [2.24, 2.45) is 5.92 Å². The second kappa shape index (κ2) is 4.11. The van der Waals surface area contributed by atoms with Gasteiger partial charge in [-0.05, 0) is 43.4 Å². The third-order valence-electron chi connectivity index (χ3n) is 5.00. The largest absolute Gasteiger partial charge is 0.356 e. The Bertz CT molecular complexity index is 700. The molecule has 0 radical (unpaired) electrons. The quantitative estimate of drug-likeness (QED) is 0.781. The van der Waals surface area contributed by atoms with E-state index in [9.17, 15) is 4.79 Å². The molecule has 0 aliphatic carbocycles. The third kappa shape index (κ3) is 1.55. The Kier molecular flexibility index (Phi) is 2.47. The summed E-state index contributed by atoms with van der Waals surface area (Å²) < 4.78 is 0. The van der Waals surface area contributed by atoms with E-state index < -0.39 is 0 Å². The molecule has 0 bridgehead atoms. The molecule has 104 valence electrons. The molecule has 1 amide bonds. The van der Waals surface area contributed by atoms with E-state index >= 15 is 0 Å². The molecule has 1 N–H and O–H groups in total. The number of amides is 1. The summed E-state index contributed by atoms with van der Waals surface area (Å²) in [5.41, 5.74) is 5.24. The number of aromatic amines is 1. The zero-order valence-electron chi connectivity index (χ0n) is 12.1. The van der Waals surface area contributed by atoms with Crippen LogP contribution in [-0.2, 0) is 11.2 Å². The second-order valence-electron chi connectivity index (χ2n) is 6.36. The van der Waals surface area contributed by atoms with E-state index in [0.717, 1.165) is 19.4 Å². The van der Waals surface area contributed by atoms with Crippen LogP contribution in [0.4, 0.5) is 0 Å². The zero-order chi connectivity index (χ0) is 13.9. The first kappa shape index (κ1) is 12.0. The maximum Gasteiger partial charge on any atom is 0.223 e. The molecule has 0 unspecified atom stereocenters. The van der Waals surface area contributed by atoms with Gasteiger partial charge in [0, 0.05) is 29.6 Å². The average molecular weight is 268 g/mol. The van der Waals surface area contributed by atoms with Crippen molar-refractivity contribution in [3.8, 4) is 0 Å². The van der Waals surface area contributed by atoms with Crippen molar-refractivity contribution >= 4 is 16.8 Å². The number of nitrogens with zero attached hydrogens (tertiary/aromatic N) is 1. The molecule has 2 aliphatic rings. The number of aryl methyl sites for hydroxylation is 1. The molecular weight excluding hydrogens is 248 g/mol. The maximum absolute atomic E-state index is 12.2. The standard InChI is InChI=1S/C17H20N2O/c1-10-3-5-14-13(9-10)12-7-8-19-15(20)6-4-11(2)17(19)16(12)18-14/h3,5,9,11,17-18H,4,6-8H2,1-2H3/t11-,17-/m1/s1. The fourth-order valence-electron chi connectivity index (χ4n) is 3.96. The SMILES string of the molecule is Cc1ccc2[nH]c3c(c2c1)CCN1C(=O)CC[C@@H](C)[C@H]31. The van der Waals surface area contributed by atoms with Crippen molar-refractivity contribution in [1.29, 1.82) is 0 Å². The molecule has 4 rings (SSSR count). The summed E-state index contributed by atoms with van der Waals surface area (Å²) in [4.78, 5) is 17.9. The van der Waals surface area contributed by atoms with Gasteiger partial charge in [-0.1, -0.05) is 18.6 Å². The summed E-state index contributed by atoms with van der Waals surface area (Å²) in [5, 5.41) is 1.35. The molecule has 1 aromatic carbocycles. The Hall–Kier alpha value is -1.77. The van der Waals surface area contributed by atoms with Crippen LogP contribution in [0.3, 0.4) is 0 Å². The van der Waals surface area contributed by atoms with E-state index in [-0.39, 0.29) is 6.04 Å². The topological polar surface area (TPSA) is 36.1 Å². The Morgan fingerprint density at radius 3 is 3.00 bits per heavy atom. The molecule has 1 aromatic heterocycles. The molecule has 2 aromatic rings. The van der Waals surface area contributed by atoms with Gasteiger partial charge in [-0.15, -0.1) is 0 Å². The van der Waals surface area contributed by atoms with Crippen LogP contribution in [0.2, 0.25) is 0 Å². The van der Waals surface area contributed by atoms with Gasteiger partial charge in [0.05, 0.1) is 6.04 Å². The number of carbonyl (C=O) groups is 1. The maximum atomic E-state index is 12.2. The normalized spacial score (nSPS) is 25.7. The van der Waals surface area contributed by atoms with E-state index in [1.807, 2.05) is 0 Å². The van der Waals surface area contributed by atoms with Crippen molar-refractivity contribution in [2.45, 2.75) is 39.2 Å². The van der Waals surface area contributed by atoms with E-state index in [2.05, 4.69) is 41.9 Å². The van der Waals surface area contributed by atoms with E-state index in [4.69, 9.17) is 0 Å². The van der Waals surface area contributed by atoms with Crippen molar-refractivity contribution in [3.05, 3.63) is 35.0 Å². The van der Waals surface area contributed by atoms with Crippen molar-refractivity contribution in [3.63, 3.8) is 0 Å². The summed E-state index contributed by atoms with van der Waals surface area (Å²) in [6.07, 6.45) is 2.70. The molecular formula is C17H20N2O. The number of hydrogen-bond donors (Lipinski definition) is 1. The molecule has 2 atom stereocenters. The van der Waals surface area contributed by atoms with Gasteiger partial charge in [0.15, 0.2) is 0 Å². The van der Waals surface area contributed by atoms with Gasteiger partial charge in [0.25, 0.3) is 0 Å². The zero-order valence-corrected chi connectivity index (χ0v) is 12.1. The van der Waals surface area contributed by atoms with Crippen LogP contribution in [0.1, 0.15) is 42.6 Å². The Morgan fingerprint density at radius 2 is 2.15 bits per heavy atom. The van der Waals surface area contributed by atoms with Crippen LogP contribution in [0.15, 0.2) is 18.2 Å². The highest BCUT2D eigenvalue weighted by Crippen LogP contribution is 2.42. The van der Waals surface area contributed by atoms with Crippen LogP contribution < -0.4 is 0 Å². The minimum Gasteiger partial charge on any atom is -0.356 e. The van der Waals surface area contributed by atoms with Gasteiger partial charge < -0.3 is 9.88 Å². The highest BCUT2D eigenvalue weighted by atomic mass is 16.2. The first-order chi connectivity index (χ1) is 9.65. The Morgan fingerprint density at radius 1 is 1.30 bits per heavy atom. The molecule has 20 heavy (non-hydrogen) atoms. The lowest BCUT2D eigenvalue weighted by Gasteiger charge is -2.42. The molecule has 0 spiro atoms. The minimum absolute atomic E-state index is 0.257. The number of benzene rings is 1. The molecule has 1 fully saturated rings. The highest BCUT2D eigenvalue weighted by Gasteiger charge is 2.39. The van der Waals surface area contributed by atoms with Crippen LogP contribution in [0, 0.1) is 12.8 Å². The van der Waals surface area contributed by atoms with Crippen LogP contribution in [-0.4, -0.2) is 22.3 Å². The van der Waals surface area contributed by atoms with Gasteiger partial charge in [-0.25, -0.2) is 0 Å². The Balaban J connectivity index is 1.91. The smallest absolute Gasteiger partial charge is 0.223 e. The van der Waals surface area contributed by atoms with E-state index in [1.54, 1.807) is 0 Å². The number of piperidine rings is 1. The van der Waals surface area contributed by atoms with Gasteiger partial charge in [-0.2, -0.15) is 0 Å². The fraction of sp³-hybridized carbons (Fsp3) is 0.471. The lowest BCUT2D eigenvalue weighted by atomic mass is 9.83. The van der Waals surface area contributed by atoms with Gasteiger partial charge >= 0.3 is 0 Å². The number of H-pyrrole nitrogens is 1. The number of nitrogens with one attached hydrogen (secondary N) is 1. The highest BCUT2D eigenvalue weighted by molar-refractivity contribution is 5.87. The lowest BCUT2D eigenvalue weighted by Crippen LogP contribution is -2.45. The van der Waals surface area contributed by atoms with Gasteiger partial charge in [0.2, 0.25) is 5.91 Å². The molecule has 2 aliphatic heterocycles. The van der Waals surface area contributed by atoms with Crippen molar-refractivity contribution in [1.82, 2.24) is 9.88 Å². The minimum atomic E-state index is 0.257. The second-order valence-corrected chi connectivity index (χ2v) is 6.36. The van der Waals surface area contributed by atoms with Crippen LogP contribution in [0.25, 0.3) is 10.9 Å². The van der Waals surface area contributed by atoms with Gasteiger partial charge in [0.1, 0.15) is 0 Å².